The summed E-state index contributed by atoms with van der Waals surface area (Å²) in [5, 5.41) is 4.23. The SMILES string of the molecule is C=C(C)CC1CCC2(NCCN(CCC(=O)OC)CCC(=O)OC)CCC3(C)C(CCC4C5(C)CC=C(c6ccc(C(=O)OC)cc6)C(C)(C)C5CCC43C)C12. The fourth-order valence-corrected chi connectivity index (χ4v) is 14.2. The normalized spacial score (nSPS) is 35.6. The molecule has 310 valence electrons. The highest BCUT2D eigenvalue weighted by atomic mass is 16.5. The molecule has 0 amide bonds. The Balaban J connectivity index is 1.24. The summed E-state index contributed by atoms with van der Waals surface area (Å²) < 4.78 is 14.9. The van der Waals surface area contributed by atoms with Gasteiger partial charge in [0, 0.05) is 31.7 Å². The third kappa shape index (κ3) is 7.44. The first-order valence-electron chi connectivity index (χ1n) is 21.6. The van der Waals surface area contributed by atoms with E-state index in [-0.39, 0.29) is 45.1 Å². The Kier molecular flexibility index (Phi) is 12.4. The molecule has 0 bridgehead atoms. The van der Waals surface area contributed by atoms with Crippen LogP contribution in [0.15, 0.2) is 42.5 Å². The molecule has 56 heavy (non-hydrogen) atoms. The van der Waals surface area contributed by atoms with Gasteiger partial charge >= 0.3 is 17.9 Å². The predicted molar refractivity (Wildman–Crippen MR) is 223 cm³/mol. The number of carbonyl (C=O) groups is 3. The summed E-state index contributed by atoms with van der Waals surface area (Å²) in [5.74, 6) is 2.40. The van der Waals surface area contributed by atoms with E-state index in [1.54, 1.807) is 0 Å². The van der Waals surface area contributed by atoms with Gasteiger partial charge in [-0.25, -0.2) is 4.79 Å². The molecule has 4 saturated carbocycles. The number of rotatable bonds is 14. The van der Waals surface area contributed by atoms with Crippen LogP contribution in [0.3, 0.4) is 0 Å². The number of benzene rings is 1. The van der Waals surface area contributed by atoms with Gasteiger partial charge in [0.05, 0.1) is 39.7 Å². The first kappa shape index (κ1) is 42.6. The predicted octanol–water partition coefficient (Wildman–Crippen LogP) is 9.28. The molecule has 1 aromatic carbocycles. The van der Waals surface area contributed by atoms with Crippen LogP contribution in [0.25, 0.3) is 5.57 Å². The van der Waals surface area contributed by atoms with Crippen LogP contribution in [0, 0.1) is 51.2 Å². The van der Waals surface area contributed by atoms with Crippen molar-refractivity contribution in [3.05, 3.63) is 53.6 Å². The Hall–Kier alpha value is -2.97. The zero-order valence-corrected chi connectivity index (χ0v) is 36.2. The summed E-state index contributed by atoms with van der Waals surface area (Å²) in [6, 6.07) is 8.07. The smallest absolute Gasteiger partial charge is 0.337 e. The van der Waals surface area contributed by atoms with E-state index >= 15 is 0 Å². The third-order valence-electron chi connectivity index (χ3n) is 17.0. The molecule has 5 aliphatic carbocycles. The maximum absolute atomic E-state index is 12.2. The van der Waals surface area contributed by atoms with Crippen molar-refractivity contribution in [3.63, 3.8) is 0 Å². The van der Waals surface area contributed by atoms with Crippen molar-refractivity contribution in [1.82, 2.24) is 10.2 Å². The first-order chi connectivity index (χ1) is 26.5. The molecule has 0 heterocycles. The number of fused-ring (bicyclic) bond motifs is 7. The quantitative estimate of drug-likeness (QED) is 0.114. The van der Waals surface area contributed by atoms with E-state index in [2.05, 4.69) is 76.5 Å². The highest BCUT2D eigenvalue weighted by molar-refractivity contribution is 5.90. The van der Waals surface area contributed by atoms with Gasteiger partial charge in [0.15, 0.2) is 0 Å². The van der Waals surface area contributed by atoms with Crippen LogP contribution in [-0.2, 0) is 23.8 Å². The van der Waals surface area contributed by atoms with Crippen LogP contribution < -0.4 is 5.32 Å². The molecule has 1 N–H and O–H groups in total. The lowest BCUT2D eigenvalue weighted by molar-refractivity contribution is -0.220. The van der Waals surface area contributed by atoms with E-state index in [0.717, 1.165) is 25.9 Å². The first-order valence-corrected chi connectivity index (χ1v) is 21.6. The van der Waals surface area contributed by atoms with Crippen LogP contribution in [0.4, 0.5) is 0 Å². The monoisotopic (exact) mass is 773 g/mol. The van der Waals surface area contributed by atoms with Crippen molar-refractivity contribution in [3.8, 4) is 0 Å². The summed E-state index contributed by atoms with van der Waals surface area (Å²) in [7, 11) is 4.30. The number of methoxy groups -OCH3 is 3. The standard InChI is InChI=1S/C48H72N2O6/c1-32(2)31-35-17-24-48(49-27-30-50(28-20-40(51)54-8)29-21-41(52)55-9)26-25-46(6)37(42(35)48)15-16-39-45(5)22-18-36(33-11-13-34(14-12-33)43(53)56-10)44(3,4)38(45)19-23-47(39,46)7/h11-14,18,35,37-39,42,49H,1,15-17,19-31H2,2-10H3. The lowest BCUT2D eigenvalue weighted by Gasteiger charge is -2.72. The molecule has 8 nitrogen and oxygen atoms in total. The highest BCUT2D eigenvalue weighted by Crippen LogP contribution is 2.76. The van der Waals surface area contributed by atoms with Gasteiger partial charge in [-0.05, 0) is 146 Å². The lowest BCUT2D eigenvalue weighted by Crippen LogP contribution is -2.68. The number of hydrogen-bond acceptors (Lipinski definition) is 8. The summed E-state index contributed by atoms with van der Waals surface area (Å²) in [6.07, 6.45) is 15.4. The van der Waals surface area contributed by atoms with E-state index in [0.29, 0.717) is 61.1 Å². The number of allylic oxidation sites excluding steroid dienone is 3. The Morgan fingerprint density at radius 1 is 0.786 bits per heavy atom. The number of ether oxygens (including phenoxy) is 3. The van der Waals surface area contributed by atoms with Gasteiger partial charge in [-0.2, -0.15) is 0 Å². The fraction of sp³-hybridized carbons (Fsp3) is 0.729. The van der Waals surface area contributed by atoms with Crippen molar-refractivity contribution in [2.24, 2.45) is 51.2 Å². The lowest BCUT2D eigenvalue weighted by atomic mass is 9.33. The average Bonchev–Trinajstić information content (AvgIpc) is 3.52. The van der Waals surface area contributed by atoms with Gasteiger partial charge < -0.3 is 24.4 Å². The van der Waals surface area contributed by atoms with Crippen molar-refractivity contribution < 1.29 is 28.6 Å². The second kappa shape index (κ2) is 16.4. The van der Waals surface area contributed by atoms with Gasteiger partial charge in [-0.15, -0.1) is 6.58 Å². The molecular weight excluding hydrogens is 701 g/mol. The zero-order valence-electron chi connectivity index (χ0n) is 36.2. The fourth-order valence-electron chi connectivity index (χ4n) is 14.2. The topological polar surface area (TPSA) is 94.2 Å². The average molecular weight is 773 g/mol. The molecular formula is C48H72N2O6. The Labute approximate surface area is 337 Å². The summed E-state index contributed by atoms with van der Waals surface area (Å²) in [5.41, 5.74) is 5.39. The highest BCUT2D eigenvalue weighted by Gasteiger charge is 2.70. The molecule has 0 aliphatic heterocycles. The maximum atomic E-state index is 12.2. The van der Waals surface area contributed by atoms with Crippen LogP contribution >= 0.6 is 0 Å². The van der Waals surface area contributed by atoms with E-state index < -0.39 is 0 Å². The van der Waals surface area contributed by atoms with Gasteiger partial charge in [0.1, 0.15) is 0 Å². The van der Waals surface area contributed by atoms with Gasteiger partial charge in [0.2, 0.25) is 0 Å². The van der Waals surface area contributed by atoms with Crippen LogP contribution in [-0.4, -0.2) is 75.9 Å². The molecule has 0 radical (unpaired) electrons. The van der Waals surface area contributed by atoms with Gasteiger partial charge in [-0.3, -0.25) is 9.59 Å². The van der Waals surface area contributed by atoms with Crippen molar-refractivity contribution in [2.75, 3.05) is 47.5 Å². The van der Waals surface area contributed by atoms with Crippen LogP contribution in [0.5, 0.6) is 0 Å². The van der Waals surface area contributed by atoms with Crippen LogP contribution in [0.1, 0.15) is 135 Å². The largest absolute Gasteiger partial charge is 0.469 e. The van der Waals surface area contributed by atoms with Gasteiger partial charge in [-0.1, -0.05) is 58.4 Å². The summed E-state index contributed by atoms with van der Waals surface area (Å²) >= 11 is 0. The second-order valence-electron chi connectivity index (χ2n) is 19.8. The Bertz CT molecular complexity index is 1650. The van der Waals surface area contributed by atoms with E-state index in [9.17, 15) is 14.4 Å². The van der Waals surface area contributed by atoms with Crippen molar-refractivity contribution >= 4 is 23.5 Å². The molecule has 5 aliphatic rings. The van der Waals surface area contributed by atoms with Gasteiger partial charge in [0.25, 0.3) is 0 Å². The molecule has 1 aromatic rings. The minimum absolute atomic E-state index is 0.0180. The summed E-state index contributed by atoms with van der Waals surface area (Å²) in [6.45, 7) is 22.4. The minimum atomic E-state index is -0.289. The Morgan fingerprint density at radius 3 is 2.05 bits per heavy atom. The molecule has 4 fully saturated rings. The molecule has 0 aromatic heterocycles. The maximum Gasteiger partial charge on any atom is 0.337 e. The van der Waals surface area contributed by atoms with E-state index in [4.69, 9.17) is 14.2 Å². The number of nitrogens with one attached hydrogen (secondary N) is 1. The molecule has 0 spiro atoms. The number of esters is 3. The van der Waals surface area contributed by atoms with Crippen LogP contribution in [0.2, 0.25) is 0 Å². The molecule has 9 atom stereocenters. The number of hydrogen-bond donors (Lipinski definition) is 1. The molecule has 0 saturated heterocycles. The number of nitrogens with zero attached hydrogens (tertiary/aromatic N) is 1. The van der Waals surface area contributed by atoms with E-state index in [1.165, 1.54) is 89.4 Å². The second-order valence-corrected chi connectivity index (χ2v) is 19.8. The van der Waals surface area contributed by atoms with Crippen molar-refractivity contribution in [1.29, 1.82) is 0 Å². The molecule has 6 rings (SSSR count). The molecule has 9 unspecified atom stereocenters. The third-order valence-corrected chi connectivity index (χ3v) is 17.0. The molecule has 8 heteroatoms. The Morgan fingerprint density at radius 2 is 1.45 bits per heavy atom. The minimum Gasteiger partial charge on any atom is -0.469 e. The van der Waals surface area contributed by atoms with E-state index in [1.807, 2.05) is 12.1 Å². The summed E-state index contributed by atoms with van der Waals surface area (Å²) in [4.78, 5) is 38.5. The number of carbonyl (C=O) groups excluding carboxylic acids is 3. The zero-order chi connectivity index (χ0) is 40.7. The van der Waals surface area contributed by atoms with Crippen molar-refractivity contribution in [2.45, 2.75) is 124 Å².